The molecule has 0 unspecified atom stereocenters. The lowest BCUT2D eigenvalue weighted by molar-refractivity contribution is -0.118. The Morgan fingerprint density at radius 2 is 2.00 bits per heavy atom. The highest BCUT2D eigenvalue weighted by Crippen LogP contribution is 2.09. The third-order valence-corrected chi connectivity index (χ3v) is 2.59. The number of amides is 2. The van der Waals surface area contributed by atoms with Crippen LogP contribution in [0.4, 0.5) is 0 Å². The van der Waals surface area contributed by atoms with Gasteiger partial charge in [0, 0.05) is 13.2 Å². The molecule has 0 spiro atoms. The highest BCUT2D eigenvalue weighted by molar-refractivity contribution is 5.95. The molecule has 0 bridgehead atoms. The van der Waals surface area contributed by atoms with E-state index >= 15 is 0 Å². The Balaban J connectivity index is 2.17. The van der Waals surface area contributed by atoms with Gasteiger partial charge < -0.3 is 10.6 Å². The van der Waals surface area contributed by atoms with Gasteiger partial charge in [0.15, 0.2) is 0 Å². The Bertz CT molecular complexity index is 592. The van der Waals surface area contributed by atoms with Gasteiger partial charge in [-0.05, 0) is 12.1 Å². The molecule has 1 heterocycles. The molecule has 2 aromatic rings. The van der Waals surface area contributed by atoms with Crippen LogP contribution in [0.15, 0.2) is 42.7 Å². The van der Waals surface area contributed by atoms with Crippen LogP contribution in [0.5, 0.6) is 0 Å². The fourth-order valence-corrected chi connectivity index (χ4v) is 1.68. The second kappa shape index (κ2) is 5.34. The van der Waals surface area contributed by atoms with Crippen molar-refractivity contribution in [3.8, 4) is 5.69 Å². The molecule has 0 saturated heterocycles. The molecule has 0 radical (unpaired) electrons. The number of rotatable bonds is 4. The lowest BCUT2D eigenvalue weighted by atomic mass is 10.3. The highest BCUT2D eigenvalue weighted by Gasteiger charge is 2.15. The zero-order valence-corrected chi connectivity index (χ0v) is 10.5. The van der Waals surface area contributed by atoms with Crippen LogP contribution in [0.25, 0.3) is 5.69 Å². The van der Waals surface area contributed by atoms with Crippen LogP contribution >= 0.6 is 0 Å². The Labute approximate surface area is 110 Å². The monoisotopic (exact) mass is 258 g/mol. The molecule has 6 heteroatoms. The summed E-state index contributed by atoms with van der Waals surface area (Å²) in [6.45, 7) is -0.116. The van der Waals surface area contributed by atoms with E-state index in [0.29, 0.717) is 5.56 Å². The average Bonchev–Trinajstić information content (AvgIpc) is 2.87. The van der Waals surface area contributed by atoms with E-state index in [-0.39, 0.29) is 12.5 Å². The van der Waals surface area contributed by atoms with Crippen molar-refractivity contribution < 1.29 is 9.59 Å². The molecule has 2 N–H and O–H groups in total. The molecule has 0 fully saturated rings. The Kier molecular flexibility index (Phi) is 3.61. The second-order valence-electron chi connectivity index (χ2n) is 4.14. The number of carbonyl (C=O) groups excluding carboxylic acids is 2. The molecule has 2 rings (SSSR count). The van der Waals surface area contributed by atoms with Crippen LogP contribution in [-0.2, 0) is 4.79 Å². The Morgan fingerprint density at radius 3 is 2.63 bits per heavy atom. The van der Waals surface area contributed by atoms with E-state index < -0.39 is 5.91 Å². The van der Waals surface area contributed by atoms with E-state index in [1.807, 2.05) is 30.3 Å². The van der Waals surface area contributed by atoms with Crippen LogP contribution in [0, 0.1) is 0 Å². The number of hydrogen-bond donors (Lipinski definition) is 1. The van der Waals surface area contributed by atoms with E-state index in [9.17, 15) is 9.59 Å². The van der Waals surface area contributed by atoms with Crippen LogP contribution < -0.4 is 5.73 Å². The fourth-order valence-electron chi connectivity index (χ4n) is 1.68. The van der Waals surface area contributed by atoms with Crippen molar-refractivity contribution >= 4 is 11.8 Å². The van der Waals surface area contributed by atoms with Gasteiger partial charge in [0.1, 0.15) is 0 Å². The summed E-state index contributed by atoms with van der Waals surface area (Å²) in [5, 5.41) is 4.12. The summed E-state index contributed by atoms with van der Waals surface area (Å²) in [6, 6.07) is 9.44. The van der Waals surface area contributed by atoms with E-state index in [4.69, 9.17) is 5.73 Å². The van der Waals surface area contributed by atoms with Gasteiger partial charge >= 0.3 is 0 Å². The van der Waals surface area contributed by atoms with Crippen molar-refractivity contribution in [2.75, 3.05) is 13.6 Å². The minimum atomic E-state index is -0.550. The first-order chi connectivity index (χ1) is 9.08. The van der Waals surface area contributed by atoms with Crippen LogP contribution in [-0.4, -0.2) is 40.1 Å². The molecule has 1 aromatic carbocycles. The number of nitrogens with zero attached hydrogens (tertiary/aromatic N) is 3. The topological polar surface area (TPSA) is 81.2 Å². The van der Waals surface area contributed by atoms with Crippen LogP contribution in [0.1, 0.15) is 10.4 Å². The molecule has 0 atom stereocenters. The maximum absolute atomic E-state index is 12.0. The molecule has 19 heavy (non-hydrogen) atoms. The predicted molar refractivity (Wildman–Crippen MR) is 69.7 cm³/mol. The normalized spacial score (nSPS) is 10.2. The quantitative estimate of drug-likeness (QED) is 0.863. The van der Waals surface area contributed by atoms with Crippen molar-refractivity contribution in [1.29, 1.82) is 0 Å². The highest BCUT2D eigenvalue weighted by atomic mass is 16.2. The van der Waals surface area contributed by atoms with Crippen molar-refractivity contribution in [1.82, 2.24) is 14.7 Å². The minimum Gasteiger partial charge on any atom is -0.368 e. The fraction of sp³-hybridized carbons (Fsp3) is 0.154. The number of aromatic nitrogens is 2. The minimum absolute atomic E-state index is 0.116. The van der Waals surface area contributed by atoms with Crippen molar-refractivity contribution in [2.45, 2.75) is 0 Å². The second-order valence-corrected chi connectivity index (χ2v) is 4.14. The first-order valence-corrected chi connectivity index (χ1v) is 5.72. The maximum atomic E-state index is 12.0. The van der Waals surface area contributed by atoms with Crippen molar-refractivity contribution in [3.63, 3.8) is 0 Å². The largest absolute Gasteiger partial charge is 0.368 e. The summed E-state index contributed by atoms with van der Waals surface area (Å²) < 4.78 is 1.60. The number of benzene rings is 1. The van der Waals surface area contributed by atoms with E-state index in [1.54, 1.807) is 10.9 Å². The zero-order chi connectivity index (χ0) is 13.8. The molecule has 0 aliphatic heterocycles. The number of likely N-dealkylation sites (N-methyl/N-ethyl adjacent to an activating group) is 1. The number of primary amides is 1. The summed E-state index contributed by atoms with van der Waals surface area (Å²) in [6.07, 6.45) is 3.09. The van der Waals surface area contributed by atoms with Gasteiger partial charge in [0.05, 0.1) is 24.0 Å². The first-order valence-electron chi connectivity index (χ1n) is 5.72. The number of hydrogen-bond acceptors (Lipinski definition) is 3. The van der Waals surface area contributed by atoms with Gasteiger partial charge in [-0.1, -0.05) is 18.2 Å². The van der Waals surface area contributed by atoms with Gasteiger partial charge in [-0.15, -0.1) is 0 Å². The lowest BCUT2D eigenvalue weighted by Crippen LogP contribution is -2.35. The number of nitrogens with two attached hydrogens (primary N) is 1. The molecule has 98 valence electrons. The predicted octanol–water partition coefficient (Wildman–Crippen LogP) is 0.430. The molecule has 0 saturated carbocycles. The van der Waals surface area contributed by atoms with Gasteiger partial charge in [0.2, 0.25) is 5.91 Å². The summed E-state index contributed by atoms with van der Waals surface area (Å²) in [7, 11) is 1.52. The molecular weight excluding hydrogens is 244 g/mol. The lowest BCUT2D eigenvalue weighted by Gasteiger charge is -2.13. The summed E-state index contributed by atoms with van der Waals surface area (Å²) in [4.78, 5) is 24.0. The molecule has 1 aromatic heterocycles. The third kappa shape index (κ3) is 2.98. The van der Waals surface area contributed by atoms with Gasteiger partial charge in [-0.2, -0.15) is 5.10 Å². The van der Waals surface area contributed by atoms with E-state index in [1.165, 1.54) is 18.1 Å². The third-order valence-electron chi connectivity index (χ3n) is 2.59. The summed E-state index contributed by atoms with van der Waals surface area (Å²) in [5.41, 5.74) is 6.32. The van der Waals surface area contributed by atoms with Gasteiger partial charge in [0.25, 0.3) is 5.91 Å². The molecule has 2 amide bonds. The average molecular weight is 258 g/mol. The van der Waals surface area contributed by atoms with E-state index in [0.717, 1.165) is 5.69 Å². The zero-order valence-electron chi connectivity index (χ0n) is 10.5. The maximum Gasteiger partial charge on any atom is 0.257 e. The SMILES string of the molecule is CN(CC(N)=O)C(=O)c1cnn(-c2ccccc2)c1. The van der Waals surface area contributed by atoms with Crippen molar-refractivity contribution in [3.05, 3.63) is 48.3 Å². The number of carbonyl (C=O) groups is 2. The molecule has 0 aliphatic carbocycles. The summed E-state index contributed by atoms with van der Waals surface area (Å²) in [5.74, 6) is -0.840. The molecular formula is C13H14N4O2. The smallest absolute Gasteiger partial charge is 0.257 e. The van der Waals surface area contributed by atoms with Crippen LogP contribution in [0.2, 0.25) is 0 Å². The van der Waals surface area contributed by atoms with Gasteiger partial charge in [-0.3, -0.25) is 9.59 Å². The van der Waals surface area contributed by atoms with Crippen molar-refractivity contribution in [2.24, 2.45) is 5.73 Å². The number of para-hydroxylation sites is 1. The Hall–Kier alpha value is -2.63. The van der Waals surface area contributed by atoms with E-state index in [2.05, 4.69) is 5.10 Å². The summed E-state index contributed by atoms with van der Waals surface area (Å²) >= 11 is 0. The first kappa shape index (κ1) is 12.8. The molecule has 0 aliphatic rings. The Morgan fingerprint density at radius 1 is 1.32 bits per heavy atom. The van der Waals surface area contributed by atoms with Crippen LogP contribution in [0.3, 0.4) is 0 Å². The molecule has 6 nitrogen and oxygen atoms in total. The van der Waals surface area contributed by atoms with Gasteiger partial charge in [-0.25, -0.2) is 4.68 Å². The standard InChI is InChI=1S/C13H14N4O2/c1-16(9-12(14)18)13(19)10-7-15-17(8-10)11-5-3-2-4-6-11/h2-8H,9H2,1H3,(H2,14,18).